The summed E-state index contributed by atoms with van der Waals surface area (Å²) in [5.41, 5.74) is 5.28. The topological polar surface area (TPSA) is 110 Å². The van der Waals surface area contributed by atoms with Crippen molar-refractivity contribution in [1.82, 2.24) is 0 Å². The van der Waals surface area contributed by atoms with Gasteiger partial charge in [-0.15, -0.1) is 0 Å². The smallest absolute Gasteiger partial charge is 0.550 e. The predicted molar refractivity (Wildman–Crippen MR) is 89.8 cm³/mol. The maximum absolute atomic E-state index is 11.4. The van der Waals surface area contributed by atoms with Gasteiger partial charge in [-0.3, -0.25) is 4.79 Å². The summed E-state index contributed by atoms with van der Waals surface area (Å²) in [6, 6.07) is -1.35. The number of carbonyl (C=O) groups is 3. The zero-order valence-corrected chi connectivity index (χ0v) is 17.9. The van der Waals surface area contributed by atoms with Gasteiger partial charge in [-0.2, -0.15) is 0 Å². The van der Waals surface area contributed by atoms with Crippen LogP contribution in [0.4, 0.5) is 0 Å². The minimum absolute atomic E-state index is 0. The molecule has 0 fully saturated rings. The summed E-state index contributed by atoms with van der Waals surface area (Å²) in [5, 5.41) is 10.3. The van der Waals surface area contributed by atoms with Gasteiger partial charge in [0.1, 0.15) is 6.04 Å². The molecule has 1 unspecified atom stereocenters. The monoisotopic (exact) mass is 365 g/mol. The molecule has 0 radical (unpaired) electrons. The van der Waals surface area contributed by atoms with Crippen molar-refractivity contribution in [2.75, 3.05) is 0 Å². The Morgan fingerprint density at radius 1 is 0.880 bits per heavy atom. The normalized spacial score (nSPS) is 11.4. The zero-order chi connectivity index (χ0) is 18.2. The quantitative estimate of drug-likeness (QED) is 0.177. The number of hydrogen-bond donors (Lipinski definition) is 1. The summed E-state index contributed by atoms with van der Waals surface area (Å²) < 4.78 is 4.51. The standard InChI is InChI=1S/C18H33NO5.Na/c1-2-3-4-5-6-7-8-9-10-11-12-13-17(22)24-18(23)15(19)14-16(20)21;/h15H,2-14,19H2,1H3,(H,20,21);/q;+1/p-1. The first-order valence-corrected chi connectivity index (χ1v) is 9.17. The first-order chi connectivity index (χ1) is 11.5. The fourth-order valence-electron chi connectivity index (χ4n) is 2.44. The number of carboxylic acid groups (broad SMARTS) is 1. The van der Waals surface area contributed by atoms with Gasteiger partial charge in [0.15, 0.2) is 0 Å². The molecule has 7 heteroatoms. The Bertz CT molecular complexity index is 376. The van der Waals surface area contributed by atoms with Gasteiger partial charge in [0.25, 0.3) is 0 Å². The van der Waals surface area contributed by atoms with Gasteiger partial charge in [-0.25, -0.2) is 4.79 Å². The van der Waals surface area contributed by atoms with E-state index >= 15 is 0 Å². The average molecular weight is 365 g/mol. The summed E-state index contributed by atoms with van der Waals surface area (Å²) in [5.74, 6) is -3.10. The molecule has 0 aliphatic rings. The van der Waals surface area contributed by atoms with Crippen LogP contribution in [0.3, 0.4) is 0 Å². The van der Waals surface area contributed by atoms with Gasteiger partial charge < -0.3 is 20.4 Å². The Labute approximate surface area is 173 Å². The molecule has 0 aromatic heterocycles. The van der Waals surface area contributed by atoms with Gasteiger partial charge in [-0.1, -0.05) is 71.1 Å². The molecule has 0 rings (SSSR count). The van der Waals surface area contributed by atoms with E-state index in [0.717, 1.165) is 19.3 Å². The molecule has 0 amide bonds. The number of aliphatic carboxylic acids is 1. The first kappa shape index (κ1) is 26.8. The minimum atomic E-state index is -1.45. The number of esters is 2. The second-order valence-electron chi connectivity index (χ2n) is 6.26. The minimum Gasteiger partial charge on any atom is -0.550 e. The second-order valence-corrected chi connectivity index (χ2v) is 6.26. The molecule has 0 aromatic rings. The van der Waals surface area contributed by atoms with Crippen molar-refractivity contribution < 1.29 is 53.8 Å². The van der Waals surface area contributed by atoms with Crippen LogP contribution < -0.4 is 40.4 Å². The Balaban J connectivity index is 0. The van der Waals surface area contributed by atoms with E-state index in [1.54, 1.807) is 0 Å². The van der Waals surface area contributed by atoms with E-state index in [4.69, 9.17) is 5.73 Å². The molecule has 0 aliphatic carbocycles. The van der Waals surface area contributed by atoms with E-state index in [-0.39, 0.29) is 36.0 Å². The average Bonchev–Trinajstić information content (AvgIpc) is 2.51. The molecule has 25 heavy (non-hydrogen) atoms. The van der Waals surface area contributed by atoms with Crippen LogP contribution in [0.2, 0.25) is 0 Å². The van der Waals surface area contributed by atoms with Gasteiger partial charge in [0.2, 0.25) is 0 Å². The van der Waals surface area contributed by atoms with E-state index in [2.05, 4.69) is 11.7 Å². The number of nitrogens with two attached hydrogens (primary N) is 1. The van der Waals surface area contributed by atoms with Crippen molar-refractivity contribution in [3.63, 3.8) is 0 Å². The Morgan fingerprint density at radius 3 is 1.76 bits per heavy atom. The van der Waals surface area contributed by atoms with E-state index in [1.807, 2.05) is 0 Å². The van der Waals surface area contributed by atoms with Crippen LogP contribution in [0, 0.1) is 0 Å². The fraction of sp³-hybridized carbons (Fsp3) is 0.833. The Kier molecular flexibility index (Phi) is 19.7. The molecular formula is C18H32NNaO5. The van der Waals surface area contributed by atoms with Crippen LogP contribution in [-0.2, 0) is 19.1 Å². The van der Waals surface area contributed by atoms with Crippen molar-refractivity contribution in [2.45, 2.75) is 96.4 Å². The molecule has 0 aromatic carbocycles. The fourth-order valence-corrected chi connectivity index (χ4v) is 2.44. The number of unbranched alkanes of at least 4 members (excludes halogenated alkanes) is 10. The molecule has 2 N–H and O–H groups in total. The molecule has 6 nitrogen and oxygen atoms in total. The van der Waals surface area contributed by atoms with Gasteiger partial charge in [0.05, 0.1) is 0 Å². The summed E-state index contributed by atoms with van der Waals surface area (Å²) >= 11 is 0. The van der Waals surface area contributed by atoms with Crippen molar-refractivity contribution >= 4 is 17.9 Å². The second kappa shape index (κ2) is 18.4. The van der Waals surface area contributed by atoms with Crippen molar-refractivity contribution in [1.29, 1.82) is 0 Å². The van der Waals surface area contributed by atoms with Gasteiger partial charge in [-0.05, 0) is 6.42 Å². The largest absolute Gasteiger partial charge is 1.00 e. The van der Waals surface area contributed by atoms with Crippen molar-refractivity contribution in [3.8, 4) is 0 Å². The van der Waals surface area contributed by atoms with E-state index in [0.29, 0.717) is 6.42 Å². The third kappa shape index (κ3) is 18.2. The summed E-state index contributed by atoms with van der Waals surface area (Å²) in [7, 11) is 0. The van der Waals surface area contributed by atoms with Crippen molar-refractivity contribution in [2.24, 2.45) is 5.73 Å². The molecular weight excluding hydrogens is 333 g/mol. The van der Waals surface area contributed by atoms with Crippen LogP contribution in [0.15, 0.2) is 0 Å². The Morgan fingerprint density at radius 2 is 1.32 bits per heavy atom. The summed E-state index contributed by atoms with van der Waals surface area (Å²) in [4.78, 5) is 33.1. The number of hydrogen-bond acceptors (Lipinski definition) is 6. The SMILES string of the molecule is CCCCCCCCCCCCCC(=O)OC(=O)C(N)CC(=O)[O-].[Na+]. The van der Waals surface area contributed by atoms with Gasteiger partial charge in [0, 0.05) is 18.8 Å². The van der Waals surface area contributed by atoms with Crippen LogP contribution in [0.5, 0.6) is 0 Å². The maximum Gasteiger partial charge on any atom is 1.00 e. The number of carbonyl (C=O) groups excluding carboxylic acids is 3. The van der Waals surface area contributed by atoms with Crippen LogP contribution >= 0.6 is 0 Å². The predicted octanol–water partition coefficient (Wildman–Crippen LogP) is -0.771. The molecule has 0 saturated heterocycles. The van der Waals surface area contributed by atoms with Gasteiger partial charge >= 0.3 is 41.5 Å². The summed E-state index contributed by atoms with van der Waals surface area (Å²) in [6.45, 7) is 2.22. The molecule has 0 heterocycles. The molecule has 0 aliphatic heterocycles. The molecule has 0 saturated carbocycles. The van der Waals surface area contributed by atoms with Crippen molar-refractivity contribution in [3.05, 3.63) is 0 Å². The van der Waals surface area contributed by atoms with E-state index in [9.17, 15) is 19.5 Å². The Hall–Kier alpha value is -0.430. The molecule has 1 atom stereocenters. The molecule has 140 valence electrons. The number of carboxylic acids is 1. The third-order valence-electron chi connectivity index (χ3n) is 3.89. The molecule has 0 spiro atoms. The molecule has 0 bridgehead atoms. The van der Waals surface area contributed by atoms with E-state index in [1.165, 1.54) is 44.9 Å². The van der Waals surface area contributed by atoms with E-state index < -0.39 is 30.4 Å². The first-order valence-electron chi connectivity index (χ1n) is 9.17. The van der Waals surface area contributed by atoms with Crippen LogP contribution in [0.1, 0.15) is 90.4 Å². The number of ether oxygens (including phenoxy) is 1. The maximum atomic E-state index is 11.4. The van der Waals surface area contributed by atoms with Crippen LogP contribution in [0.25, 0.3) is 0 Å². The number of rotatable bonds is 15. The van der Waals surface area contributed by atoms with Crippen LogP contribution in [-0.4, -0.2) is 23.9 Å². The zero-order valence-electron chi connectivity index (χ0n) is 15.9. The third-order valence-corrected chi connectivity index (χ3v) is 3.89. The summed E-state index contributed by atoms with van der Waals surface area (Å²) in [6.07, 6.45) is 12.4.